The molecule has 1 aromatic carbocycles. The van der Waals surface area contributed by atoms with E-state index in [1.54, 1.807) is 12.1 Å². The molecule has 2 rings (SSSR count). The summed E-state index contributed by atoms with van der Waals surface area (Å²) in [5.41, 5.74) is 0.525. The van der Waals surface area contributed by atoms with E-state index in [1.165, 1.54) is 38.2 Å². The zero-order chi connectivity index (χ0) is 12.3. The normalized spacial score (nSPS) is 19.2. The van der Waals surface area contributed by atoms with Crippen molar-refractivity contribution in [3.8, 4) is 0 Å². The largest absolute Gasteiger partial charge is 0.388 e. The third kappa shape index (κ3) is 3.20. The van der Waals surface area contributed by atoms with E-state index in [1.807, 2.05) is 0 Å². The zero-order valence-corrected chi connectivity index (χ0v) is 10.6. The maximum absolute atomic E-state index is 13.3. The van der Waals surface area contributed by atoms with Gasteiger partial charge in [-0.2, -0.15) is 0 Å². The van der Waals surface area contributed by atoms with Gasteiger partial charge in [0.2, 0.25) is 0 Å². The Balaban J connectivity index is 2.03. The molecule has 0 saturated heterocycles. The van der Waals surface area contributed by atoms with Gasteiger partial charge in [0.25, 0.3) is 0 Å². The second kappa shape index (κ2) is 5.83. The Kier molecular flexibility index (Phi) is 4.41. The van der Waals surface area contributed by atoms with Crippen LogP contribution in [0.15, 0.2) is 18.2 Å². The van der Waals surface area contributed by atoms with Crippen LogP contribution in [0.4, 0.5) is 4.39 Å². The third-order valence-electron chi connectivity index (χ3n) is 3.62. The predicted molar refractivity (Wildman–Crippen MR) is 67.6 cm³/mol. The summed E-state index contributed by atoms with van der Waals surface area (Å²) in [6.07, 6.45) is 6.19. The minimum Gasteiger partial charge on any atom is -0.388 e. The maximum atomic E-state index is 13.3. The van der Waals surface area contributed by atoms with Gasteiger partial charge in [-0.1, -0.05) is 55.8 Å². The first-order chi connectivity index (χ1) is 8.18. The standard InChI is InChI=1S/C14H18ClFO/c15-14-11(7-4-8-12(14)16)13(17)9-10-5-2-1-3-6-10/h4,7-8,10,13,17H,1-3,5-6,9H2. The van der Waals surface area contributed by atoms with Crippen molar-refractivity contribution in [2.24, 2.45) is 5.92 Å². The van der Waals surface area contributed by atoms with Crippen molar-refractivity contribution in [2.75, 3.05) is 0 Å². The number of rotatable bonds is 3. The summed E-state index contributed by atoms with van der Waals surface area (Å²) in [5.74, 6) is 0.102. The van der Waals surface area contributed by atoms with Gasteiger partial charge >= 0.3 is 0 Å². The summed E-state index contributed by atoms with van der Waals surface area (Å²) >= 11 is 5.87. The maximum Gasteiger partial charge on any atom is 0.142 e. The first-order valence-electron chi connectivity index (χ1n) is 6.30. The minimum absolute atomic E-state index is 0.0656. The van der Waals surface area contributed by atoms with Gasteiger partial charge in [0.1, 0.15) is 5.82 Å². The second-order valence-electron chi connectivity index (χ2n) is 4.90. The Morgan fingerprint density at radius 3 is 2.71 bits per heavy atom. The van der Waals surface area contributed by atoms with Crippen molar-refractivity contribution in [2.45, 2.75) is 44.6 Å². The SMILES string of the molecule is OC(CC1CCCCC1)c1cccc(F)c1Cl. The van der Waals surface area contributed by atoms with Crippen LogP contribution in [0.25, 0.3) is 0 Å². The quantitative estimate of drug-likeness (QED) is 0.845. The zero-order valence-electron chi connectivity index (χ0n) is 9.83. The van der Waals surface area contributed by atoms with Crippen LogP contribution in [0.1, 0.15) is 50.2 Å². The first-order valence-corrected chi connectivity index (χ1v) is 6.68. The molecule has 1 unspecified atom stereocenters. The molecule has 1 fully saturated rings. The molecule has 1 N–H and O–H groups in total. The number of hydrogen-bond donors (Lipinski definition) is 1. The fraction of sp³-hybridized carbons (Fsp3) is 0.571. The lowest BCUT2D eigenvalue weighted by Crippen LogP contribution is -2.11. The van der Waals surface area contributed by atoms with Crippen LogP contribution in [0.5, 0.6) is 0 Å². The number of benzene rings is 1. The summed E-state index contributed by atoms with van der Waals surface area (Å²) in [7, 11) is 0. The Hall–Kier alpha value is -0.600. The van der Waals surface area contributed by atoms with E-state index >= 15 is 0 Å². The molecule has 0 aliphatic heterocycles. The van der Waals surface area contributed by atoms with E-state index in [-0.39, 0.29) is 5.02 Å². The summed E-state index contributed by atoms with van der Waals surface area (Å²) in [6.45, 7) is 0. The van der Waals surface area contributed by atoms with Gasteiger partial charge in [-0.05, 0) is 18.4 Å². The van der Waals surface area contributed by atoms with Gasteiger partial charge in [-0.3, -0.25) is 0 Å². The molecule has 1 nitrogen and oxygen atoms in total. The Labute approximate surface area is 107 Å². The summed E-state index contributed by atoms with van der Waals surface area (Å²) in [4.78, 5) is 0. The molecule has 1 saturated carbocycles. The Bertz CT molecular complexity index is 374. The Morgan fingerprint density at radius 2 is 2.00 bits per heavy atom. The van der Waals surface area contributed by atoms with Crippen molar-refractivity contribution in [3.05, 3.63) is 34.6 Å². The van der Waals surface area contributed by atoms with E-state index in [0.29, 0.717) is 17.9 Å². The first kappa shape index (κ1) is 12.8. The molecular formula is C14H18ClFO. The molecule has 1 atom stereocenters. The number of aliphatic hydroxyl groups excluding tert-OH is 1. The van der Waals surface area contributed by atoms with Gasteiger partial charge in [-0.25, -0.2) is 4.39 Å². The van der Waals surface area contributed by atoms with E-state index in [2.05, 4.69) is 0 Å². The van der Waals surface area contributed by atoms with Crippen molar-refractivity contribution in [1.82, 2.24) is 0 Å². The van der Waals surface area contributed by atoms with E-state index in [4.69, 9.17) is 11.6 Å². The van der Waals surface area contributed by atoms with Crippen LogP contribution < -0.4 is 0 Å². The minimum atomic E-state index is -0.638. The van der Waals surface area contributed by atoms with Crippen molar-refractivity contribution < 1.29 is 9.50 Å². The fourth-order valence-electron chi connectivity index (χ4n) is 2.64. The van der Waals surface area contributed by atoms with Gasteiger partial charge in [0.05, 0.1) is 11.1 Å². The van der Waals surface area contributed by atoms with Crippen molar-refractivity contribution >= 4 is 11.6 Å². The van der Waals surface area contributed by atoms with Crippen molar-refractivity contribution in [1.29, 1.82) is 0 Å². The van der Waals surface area contributed by atoms with Crippen LogP contribution in [0.2, 0.25) is 5.02 Å². The summed E-state index contributed by atoms with van der Waals surface area (Å²) in [5, 5.41) is 10.2. The lowest BCUT2D eigenvalue weighted by Gasteiger charge is -2.24. The molecule has 94 valence electrons. The average Bonchev–Trinajstić information content (AvgIpc) is 2.34. The number of hydrogen-bond acceptors (Lipinski definition) is 1. The highest BCUT2D eigenvalue weighted by molar-refractivity contribution is 6.31. The van der Waals surface area contributed by atoms with E-state index < -0.39 is 11.9 Å². The number of halogens is 2. The average molecular weight is 257 g/mol. The molecule has 1 aliphatic rings. The molecule has 0 heterocycles. The van der Waals surface area contributed by atoms with Gasteiger partial charge in [0, 0.05) is 5.56 Å². The van der Waals surface area contributed by atoms with Crippen LogP contribution in [-0.2, 0) is 0 Å². The molecule has 0 radical (unpaired) electrons. The topological polar surface area (TPSA) is 20.2 Å². The molecule has 0 amide bonds. The van der Waals surface area contributed by atoms with Crippen LogP contribution in [0.3, 0.4) is 0 Å². The molecule has 1 aromatic rings. The molecule has 0 spiro atoms. The molecule has 0 aromatic heterocycles. The second-order valence-corrected chi connectivity index (χ2v) is 5.28. The van der Waals surface area contributed by atoms with Crippen LogP contribution >= 0.6 is 11.6 Å². The lowest BCUT2D eigenvalue weighted by molar-refractivity contribution is 0.131. The molecule has 1 aliphatic carbocycles. The highest BCUT2D eigenvalue weighted by Crippen LogP contribution is 2.34. The van der Waals surface area contributed by atoms with Crippen LogP contribution in [-0.4, -0.2) is 5.11 Å². The fourth-order valence-corrected chi connectivity index (χ4v) is 2.90. The lowest BCUT2D eigenvalue weighted by atomic mass is 9.84. The van der Waals surface area contributed by atoms with Gasteiger partial charge < -0.3 is 5.11 Å². The monoisotopic (exact) mass is 256 g/mol. The third-order valence-corrected chi connectivity index (χ3v) is 4.02. The molecule has 0 bridgehead atoms. The van der Waals surface area contributed by atoms with Gasteiger partial charge in [0.15, 0.2) is 0 Å². The highest BCUT2D eigenvalue weighted by atomic mass is 35.5. The number of aliphatic hydroxyl groups is 1. The molecule has 17 heavy (non-hydrogen) atoms. The van der Waals surface area contributed by atoms with E-state index in [9.17, 15) is 9.50 Å². The van der Waals surface area contributed by atoms with Crippen molar-refractivity contribution in [3.63, 3.8) is 0 Å². The Morgan fingerprint density at radius 1 is 1.29 bits per heavy atom. The van der Waals surface area contributed by atoms with Crippen LogP contribution in [0, 0.1) is 11.7 Å². The highest BCUT2D eigenvalue weighted by Gasteiger charge is 2.20. The summed E-state index contributed by atoms with van der Waals surface area (Å²) in [6, 6.07) is 4.62. The van der Waals surface area contributed by atoms with Gasteiger partial charge in [-0.15, -0.1) is 0 Å². The molecular weight excluding hydrogens is 239 g/mol. The smallest absolute Gasteiger partial charge is 0.142 e. The predicted octanol–water partition coefficient (Wildman–Crippen LogP) is 4.48. The van der Waals surface area contributed by atoms with E-state index in [0.717, 1.165) is 0 Å². The summed E-state index contributed by atoms with van der Waals surface area (Å²) < 4.78 is 13.3. The molecule has 3 heteroatoms.